The van der Waals surface area contributed by atoms with Crippen molar-refractivity contribution in [3.8, 4) is 0 Å². The maximum absolute atomic E-state index is 13.5. The average molecular weight is 368 g/mol. The second kappa shape index (κ2) is 7.26. The zero-order chi connectivity index (χ0) is 18.6. The lowest BCUT2D eigenvalue weighted by molar-refractivity contribution is -0.385. The van der Waals surface area contributed by atoms with Gasteiger partial charge in [-0.15, -0.1) is 0 Å². The lowest BCUT2D eigenvalue weighted by Crippen LogP contribution is -2.36. The van der Waals surface area contributed by atoms with Crippen LogP contribution in [0.4, 0.5) is 15.8 Å². The maximum atomic E-state index is 13.5. The van der Waals surface area contributed by atoms with Gasteiger partial charge in [-0.2, -0.15) is 0 Å². The molecule has 0 amide bonds. The number of ether oxygens (including phenoxy) is 1. The highest BCUT2D eigenvalue weighted by atomic mass is 32.2. The first kappa shape index (κ1) is 18.3. The highest BCUT2D eigenvalue weighted by Gasteiger charge is 2.29. The second-order valence-electron chi connectivity index (χ2n) is 4.82. The number of carbonyl (C=O) groups is 1. The minimum Gasteiger partial charge on any atom is -0.468 e. The molecule has 2 rings (SSSR count). The first-order chi connectivity index (χ1) is 11.8. The summed E-state index contributed by atoms with van der Waals surface area (Å²) in [7, 11) is -3.30. The van der Waals surface area contributed by atoms with Crippen molar-refractivity contribution in [3.05, 3.63) is 64.5 Å². The lowest BCUT2D eigenvalue weighted by atomic mass is 10.3. The minimum absolute atomic E-state index is 0.114. The van der Waals surface area contributed by atoms with E-state index in [4.69, 9.17) is 0 Å². The van der Waals surface area contributed by atoms with Gasteiger partial charge >= 0.3 is 5.97 Å². The molecule has 0 fully saturated rings. The van der Waals surface area contributed by atoms with Gasteiger partial charge in [0.15, 0.2) is 0 Å². The van der Waals surface area contributed by atoms with Crippen LogP contribution in [0.2, 0.25) is 0 Å². The number of non-ortho nitro benzene ring substituents is 1. The van der Waals surface area contributed by atoms with E-state index in [9.17, 15) is 27.7 Å². The number of hydrogen-bond donors (Lipinski definition) is 0. The molecule has 0 aliphatic heterocycles. The van der Waals surface area contributed by atoms with Crippen molar-refractivity contribution in [2.75, 3.05) is 18.0 Å². The first-order valence-corrected chi connectivity index (χ1v) is 8.29. The summed E-state index contributed by atoms with van der Waals surface area (Å²) in [5, 5.41) is 10.9. The van der Waals surface area contributed by atoms with Gasteiger partial charge in [-0.3, -0.25) is 19.2 Å². The molecule has 0 spiro atoms. The van der Waals surface area contributed by atoms with E-state index in [2.05, 4.69) is 4.74 Å². The molecular weight excluding hydrogens is 355 g/mol. The van der Waals surface area contributed by atoms with E-state index in [-0.39, 0.29) is 5.69 Å². The van der Waals surface area contributed by atoms with Crippen LogP contribution >= 0.6 is 0 Å². The van der Waals surface area contributed by atoms with E-state index < -0.39 is 43.9 Å². The smallest absolute Gasteiger partial charge is 0.326 e. The summed E-state index contributed by atoms with van der Waals surface area (Å²) >= 11 is 0. The van der Waals surface area contributed by atoms with Crippen LogP contribution in [0.5, 0.6) is 0 Å². The number of benzene rings is 2. The van der Waals surface area contributed by atoms with Gasteiger partial charge in [0.2, 0.25) is 0 Å². The number of nitrogens with zero attached hydrogens (tertiary/aromatic N) is 2. The number of rotatable bonds is 6. The van der Waals surface area contributed by atoms with Crippen LogP contribution in [0, 0.1) is 15.9 Å². The van der Waals surface area contributed by atoms with Gasteiger partial charge < -0.3 is 4.74 Å². The average Bonchev–Trinajstić information content (AvgIpc) is 2.59. The van der Waals surface area contributed by atoms with Gasteiger partial charge in [0.05, 0.1) is 22.6 Å². The molecule has 2 aromatic carbocycles. The third-order valence-corrected chi connectivity index (χ3v) is 4.98. The molecular formula is C15H13FN2O6S. The van der Waals surface area contributed by atoms with Gasteiger partial charge in [-0.25, -0.2) is 12.8 Å². The van der Waals surface area contributed by atoms with E-state index in [1.807, 2.05) is 0 Å². The zero-order valence-corrected chi connectivity index (χ0v) is 13.8. The number of halogens is 1. The number of anilines is 1. The fraction of sp³-hybridized carbons (Fsp3) is 0.133. The Bertz CT molecular complexity index is 916. The number of carbonyl (C=O) groups excluding carboxylic acids is 1. The summed E-state index contributed by atoms with van der Waals surface area (Å²) in [6.07, 6.45) is 0. The Morgan fingerprint density at radius 2 is 1.92 bits per heavy atom. The Kier molecular flexibility index (Phi) is 5.32. The van der Waals surface area contributed by atoms with Crippen molar-refractivity contribution in [2.45, 2.75) is 4.90 Å². The lowest BCUT2D eigenvalue weighted by Gasteiger charge is -2.23. The Morgan fingerprint density at radius 3 is 2.52 bits per heavy atom. The topological polar surface area (TPSA) is 107 Å². The van der Waals surface area contributed by atoms with Gasteiger partial charge in [-0.05, 0) is 24.3 Å². The molecule has 0 N–H and O–H groups in total. The van der Waals surface area contributed by atoms with Crippen molar-refractivity contribution in [3.63, 3.8) is 0 Å². The van der Waals surface area contributed by atoms with E-state index in [0.717, 1.165) is 37.4 Å². The summed E-state index contributed by atoms with van der Waals surface area (Å²) in [6, 6.07) is 8.94. The third kappa shape index (κ3) is 4.10. The predicted molar refractivity (Wildman–Crippen MR) is 86.0 cm³/mol. The van der Waals surface area contributed by atoms with Crippen LogP contribution in [0.15, 0.2) is 53.4 Å². The Labute approximate surface area is 142 Å². The van der Waals surface area contributed by atoms with Crippen LogP contribution in [-0.2, 0) is 19.6 Å². The van der Waals surface area contributed by atoms with Crippen molar-refractivity contribution in [2.24, 2.45) is 0 Å². The zero-order valence-electron chi connectivity index (χ0n) is 13.0. The summed E-state index contributed by atoms with van der Waals surface area (Å²) in [5.41, 5.74) is -0.546. The predicted octanol–water partition coefficient (Wildman–Crippen LogP) is 2.10. The van der Waals surface area contributed by atoms with Crippen LogP contribution in [0.3, 0.4) is 0 Å². The Balaban J connectivity index is 2.57. The normalized spacial score (nSPS) is 11.0. The number of hydrogen-bond acceptors (Lipinski definition) is 6. The number of nitro benzene ring substituents is 1. The molecule has 2 aromatic rings. The molecule has 0 saturated carbocycles. The molecule has 0 heterocycles. The monoisotopic (exact) mass is 368 g/mol. The standard InChI is InChI=1S/C15H13FN2O6S/c1-24-15(19)10-17(12-5-2-4-11(16)8-12)25(22,23)14-7-3-6-13(9-14)18(20)21/h2-9H,10H2,1H3. The summed E-state index contributed by atoms with van der Waals surface area (Å²) in [5.74, 6) is -1.58. The van der Waals surface area contributed by atoms with Crippen molar-refractivity contribution >= 4 is 27.4 Å². The second-order valence-corrected chi connectivity index (χ2v) is 6.68. The van der Waals surface area contributed by atoms with Crippen LogP contribution in [0.25, 0.3) is 0 Å². The highest BCUT2D eigenvalue weighted by Crippen LogP contribution is 2.26. The first-order valence-electron chi connectivity index (χ1n) is 6.85. The van der Waals surface area contributed by atoms with Crippen molar-refractivity contribution in [1.29, 1.82) is 0 Å². The van der Waals surface area contributed by atoms with E-state index in [1.54, 1.807) is 0 Å². The fourth-order valence-electron chi connectivity index (χ4n) is 2.01. The number of esters is 1. The largest absolute Gasteiger partial charge is 0.468 e. The van der Waals surface area contributed by atoms with E-state index >= 15 is 0 Å². The Hall–Kier alpha value is -3.01. The SMILES string of the molecule is COC(=O)CN(c1cccc(F)c1)S(=O)(=O)c1cccc([N+](=O)[O-])c1. The van der Waals surface area contributed by atoms with Gasteiger partial charge in [0, 0.05) is 12.1 Å². The number of sulfonamides is 1. The molecule has 25 heavy (non-hydrogen) atoms. The third-order valence-electron chi connectivity index (χ3n) is 3.21. The number of methoxy groups -OCH3 is 1. The van der Waals surface area contributed by atoms with Gasteiger partial charge in [-0.1, -0.05) is 12.1 Å². The molecule has 10 heteroatoms. The van der Waals surface area contributed by atoms with Gasteiger partial charge in [0.25, 0.3) is 15.7 Å². The molecule has 8 nitrogen and oxygen atoms in total. The molecule has 0 aliphatic carbocycles. The van der Waals surface area contributed by atoms with Crippen molar-refractivity contribution < 1.29 is 27.3 Å². The molecule has 0 atom stereocenters. The quantitative estimate of drug-likeness (QED) is 0.439. The molecule has 0 unspecified atom stereocenters. The van der Waals surface area contributed by atoms with E-state index in [0.29, 0.717) is 4.31 Å². The fourth-order valence-corrected chi connectivity index (χ4v) is 3.45. The van der Waals surface area contributed by atoms with Crippen LogP contribution < -0.4 is 4.31 Å². The van der Waals surface area contributed by atoms with Crippen molar-refractivity contribution in [1.82, 2.24) is 0 Å². The highest BCUT2D eigenvalue weighted by molar-refractivity contribution is 7.92. The summed E-state index contributed by atoms with van der Waals surface area (Å²) in [6.45, 7) is -0.717. The summed E-state index contributed by atoms with van der Waals surface area (Å²) in [4.78, 5) is 21.3. The molecule has 0 aliphatic rings. The number of nitro groups is 1. The summed E-state index contributed by atoms with van der Waals surface area (Å²) < 4.78 is 44.3. The minimum atomic E-state index is -4.37. The molecule has 132 valence electrons. The maximum Gasteiger partial charge on any atom is 0.326 e. The molecule has 0 bridgehead atoms. The molecule has 0 saturated heterocycles. The van der Waals surface area contributed by atoms with Crippen LogP contribution in [0.1, 0.15) is 0 Å². The Morgan fingerprint density at radius 1 is 1.24 bits per heavy atom. The molecule has 0 radical (unpaired) electrons. The van der Waals surface area contributed by atoms with E-state index in [1.165, 1.54) is 18.2 Å². The van der Waals surface area contributed by atoms with Gasteiger partial charge in [0.1, 0.15) is 12.4 Å². The molecule has 0 aromatic heterocycles. The van der Waals surface area contributed by atoms with Crippen LogP contribution in [-0.4, -0.2) is 33.0 Å².